The maximum Gasteiger partial charge on any atom is 0.360 e. The molecular weight excluding hydrogens is 316 g/mol. The van der Waals surface area contributed by atoms with Gasteiger partial charge >= 0.3 is 5.97 Å². The van der Waals surface area contributed by atoms with Crippen LogP contribution in [0.2, 0.25) is 0 Å². The van der Waals surface area contributed by atoms with Crippen molar-refractivity contribution in [2.45, 2.75) is 38.5 Å². The molecule has 4 fully saturated rings. The standard InChI is InChI=1S/C18H21F2NO3/c1-2-8-23-14-4-3-7-21-15(14)16(22)24-10-17-12-6-5-11(9-13(12)17)18(17,19)20/h3-4,7,11-13H,2,5-6,8-10H2,1H3. The third-order valence-electron chi connectivity index (χ3n) is 6.07. The minimum Gasteiger partial charge on any atom is -0.491 e. The summed E-state index contributed by atoms with van der Waals surface area (Å²) in [5.41, 5.74) is -1.06. The number of esters is 1. The number of hydrogen-bond acceptors (Lipinski definition) is 4. The third-order valence-corrected chi connectivity index (χ3v) is 6.07. The number of halogens is 2. The van der Waals surface area contributed by atoms with Crippen molar-refractivity contribution in [2.75, 3.05) is 13.2 Å². The largest absolute Gasteiger partial charge is 0.491 e. The van der Waals surface area contributed by atoms with Gasteiger partial charge in [0, 0.05) is 12.1 Å². The van der Waals surface area contributed by atoms with Crippen molar-refractivity contribution < 1.29 is 23.0 Å². The highest BCUT2D eigenvalue weighted by Gasteiger charge is 2.85. The summed E-state index contributed by atoms with van der Waals surface area (Å²) in [6.45, 7) is 2.20. The first-order valence-electron chi connectivity index (χ1n) is 8.65. The first kappa shape index (κ1) is 15.8. The highest BCUT2D eigenvalue weighted by molar-refractivity contribution is 5.90. The molecule has 1 aromatic rings. The molecule has 4 aliphatic rings. The van der Waals surface area contributed by atoms with Crippen LogP contribution in [0.1, 0.15) is 43.1 Å². The molecule has 0 saturated heterocycles. The summed E-state index contributed by atoms with van der Waals surface area (Å²) in [5, 5.41) is 0. The van der Waals surface area contributed by atoms with Gasteiger partial charge in [0.2, 0.25) is 0 Å². The van der Waals surface area contributed by atoms with Gasteiger partial charge in [-0.25, -0.2) is 18.6 Å². The minimum absolute atomic E-state index is 0.00449. The lowest BCUT2D eigenvalue weighted by atomic mass is 9.78. The van der Waals surface area contributed by atoms with Crippen molar-refractivity contribution in [3.63, 3.8) is 0 Å². The fourth-order valence-electron chi connectivity index (χ4n) is 4.88. The molecule has 4 atom stereocenters. The van der Waals surface area contributed by atoms with E-state index in [2.05, 4.69) is 4.98 Å². The van der Waals surface area contributed by atoms with Crippen LogP contribution >= 0.6 is 0 Å². The number of aromatic nitrogens is 1. The molecule has 0 aliphatic heterocycles. The zero-order valence-corrected chi connectivity index (χ0v) is 13.6. The van der Waals surface area contributed by atoms with Crippen LogP contribution in [0.3, 0.4) is 0 Å². The third kappa shape index (κ3) is 2.01. The topological polar surface area (TPSA) is 48.4 Å². The second-order valence-corrected chi connectivity index (χ2v) is 7.16. The Morgan fingerprint density at radius 2 is 2.21 bits per heavy atom. The van der Waals surface area contributed by atoms with Crippen LogP contribution in [-0.4, -0.2) is 30.1 Å². The summed E-state index contributed by atoms with van der Waals surface area (Å²) in [5.74, 6) is -3.57. The maximum absolute atomic E-state index is 14.6. The second-order valence-electron chi connectivity index (χ2n) is 7.16. The average molecular weight is 337 g/mol. The predicted molar refractivity (Wildman–Crippen MR) is 82.0 cm³/mol. The molecule has 0 N–H and O–H groups in total. The van der Waals surface area contributed by atoms with E-state index in [0.717, 1.165) is 12.8 Å². The van der Waals surface area contributed by atoms with E-state index in [0.29, 0.717) is 25.2 Å². The summed E-state index contributed by atoms with van der Waals surface area (Å²) < 4.78 is 40.0. The molecule has 130 valence electrons. The fourth-order valence-corrected chi connectivity index (χ4v) is 4.88. The van der Waals surface area contributed by atoms with Crippen LogP contribution in [-0.2, 0) is 4.74 Å². The van der Waals surface area contributed by atoms with Crippen LogP contribution in [0.15, 0.2) is 18.3 Å². The lowest BCUT2D eigenvalue weighted by molar-refractivity contribution is -0.142. The Bertz CT molecular complexity index is 659. The van der Waals surface area contributed by atoms with E-state index in [1.54, 1.807) is 12.1 Å². The Hall–Kier alpha value is -1.72. The van der Waals surface area contributed by atoms with E-state index in [1.165, 1.54) is 6.20 Å². The quantitative estimate of drug-likeness (QED) is 0.743. The number of fused-ring (bicyclic) bond motifs is 1. The molecule has 0 spiro atoms. The Labute approximate surface area is 139 Å². The van der Waals surface area contributed by atoms with E-state index in [9.17, 15) is 13.6 Å². The Balaban J connectivity index is 1.47. The smallest absolute Gasteiger partial charge is 0.360 e. The number of hydrogen-bond donors (Lipinski definition) is 0. The minimum atomic E-state index is -2.72. The molecule has 6 heteroatoms. The van der Waals surface area contributed by atoms with Gasteiger partial charge in [0.05, 0.1) is 12.0 Å². The lowest BCUT2D eigenvalue weighted by Gasteiger charge is -2.35. The van der Waals surface area contributed by atoms with E-state index >= 15 is 0 Å². The van der Waals surface area contributed by atoms with Gasteiger partial charge in [-0.15, -0.1) is 0 Å². The van der Waals surface area contributed by atoms with Crippen LogP contribution in [0, 0.1) is 23.2 Å². The monoisotopic (exact) mass is 337 g/mol. The van der Waals surface area contributed by atoms with Gasteiger partial charge in [0.15, 0.2) is 11.4 Å². The van der Waals surface area contributed by atoms with E-state index in [4.69, 9.17) is 9.47 Å². The number of pyridine rings is 1. The van der Waals surface area contributed by atoms with Crippen molar-refractivity contribution in [1.29, 1.82) is 0 Å². The summed E-state index contributed by atoms with van der Waals surface area (Å²) in [6.07, 6.45) is 4.27. The maximum atomic E-state index is 14.6. The van der Waals surface area contributed by atoms with E-state index in [1.807, 2.05) is 6.92 Å². The van der Waals surface area contributed by atoms with Crippen LogP contribution in [0.25, 0.3) is 0 Å². The zero-order chi connectivity index (χ0) is 16.9. The van der Waals surface area contributed by atoms with Crippen molar-refractivity contribution in [3.05, 3.63) is 24.0 Å². The normalized spacial score (nSPS) is 34.7. The van der Waals surface area contributed by atoms with Crippen molar-refractivity contribution >= 4 is 5.97 Å². The molecule has 4 unspecified atom stereocenters. The number of nitrogens with zero attached hydrogens (tertiary/aromatic N) is 1. The van der Waals surface area contributed by atoms with Gasteiger partial charge in [0.25, 0.3) is 5.92 Å². The summed E-state index contributed by atoms with van der Waals surface area (Å²) >= 11 is 0. The van der Waals surface area contributed by atoms with Crippen LogP contribution in [0.5, 0.6) is 5.75 Å². The van der Waals surface area contributed by atoms with Crippen molar-refractivity contribution in [2.24, 2.45) is 23.2 Å². The van der Waals surface area contributed by atoms with Crippen molar-refractivity contribution in [1.82, 2.24) is 4.98 Å². The summed E-state index contributed by atoms with van der Waals surface area (Å²) in [6, 6.07) is 3.31. The SMILES string of the molecule is CCCOc1cccnc1C(=O)OCC12C3CCC(CC31)C2(F)F. The number of ether oxygens (including phenoxy) is 2. The number of rotatable bonds is 6. The Morgan fingerprint density at radius 3 is 2.88 bits per heavy atom. The van der Waals surface area contributed by atoms with Gasteiger partial charge in [-0.2, -0.15) is 0 Å². The molecule has 4 nitrogen and oxygen atoms in total. The van der Waals surface area contributed by atoms with Gasteiger partial charge < -0.3 is 9.47 Å². The summed E-state index contributed by atoms with van der Waals surface area (Å²) in [4.78, 5) is 16.4. The lowest BCUT2D eigenvalue weighted by Crippen LogP contribution is -2.42. The van der Waals surface area contributed by atoms with Gasteiger partial charge in [-0.1, -0.05) is 6.92 Å². The number of carbonyl (C=O) groups is 1. The first-order chi connectivity index (χ1) is 11.5. The van der Waals surface area contributed by atoms with Gasteiger partial charge in [-0.3, -0.25) is 0 Å². The molecule has 1 aromatic heterocycles. The van der Waals surface area contributed by atoms with Crippen molar-refractivity contribution in [3.8, 4) is 5.75 Å². The van der Waals surface area contributed by atoms with E-state index in [-0.39, 0.29) is 24.1 Å². The number of carbonyl (C=O) groups excluding carboxylic acids is 1. The zero-order valence-electron chi connectivity index (χ0n) is 13.6. The number of alkyl halides is 2. The van der Waals surface area contributed by atoms with Crippen LogP contribution < -0.4 is 4.74 Å². The molecule has 4 saturated carbocycles. The molecule has 5 rings (SSSR count). The molecule has 4 bridgehead atoms. The highest BCUT2D eigenvalue weighted by Crippen LogP contribution is 2.81. The van der Waals surface area contributed by atoms with Gasteiger partial charge in [0.1, 0.15) is 6.61 Å². The van der Waals surface area contributed by atoms with Gasteiger partial charge in [-0.05, 0) is 49.7 Å². The average Bonchev–Trinajstić information content (AvgIpc) is 3.21. The Morgan fingerprint density at radius 1 is 1.38 bits per heavy atom. The molecule has 4 aliphatic carbocycles. The fraction of sp³-hybridized carbons (Fsp3) is 0.667. The van der Waals surface area contributed by atoms with Crippen LogP contribution in [0.4, 0.5) is 8.78 Å². The molecule has 0 aromatic carbocycles. The highest BCUT2D eigenvalue weighted by atomic mass is 19.3. The molecular formula is C18H21F2NO3. The summed E-state index contributed by atoms with van der Waals surface area (Å²) in [7, 11) is 0. The second kappa shape index (κ2) is 5.39. The molecule has 0 amide bonds. The predicted octanol–water partition coefficient (Wildman–Crippen LogP) is 3.71. The van der Waals surface area contributed by atoms with E-state index < -0.39 is 23.2 Å². The molecule has 24 heavy (non-hydrogen) atoms. The molecule has 0 radical (unpaired) electrons. The molecule has 1 heterocycles. The first-order valence-corrected chi connectivity index (χ1v) is 8.65. The Kier molecular flexibility index (Phi) is 3.55.